The molecule has 3 aliphatic rings. The van der Waals surface area contributed by atoms with Crippen LogP contribution in [0.3, 0.4) is 0 Å². The van der Waals surface area contributed by atoms with Crippen molar-refractivity contribution in [2.45, 2.75) is 50.2 Å². The average molecular weight is 510 g/mol. The fourth-order valence-electron chi connectivity index (χ4n) is 6.17. The lowest BCUT2D eigenvalue weighted by Gasteiger charge is -2.38. The Morgan fingerprint density at radius 3 is 2.86 bits per heavy atom. The van der Waals surface area contributed by atoms with E-state index in [1.165, 1.54) is 11.0 Å². The molecule has 1 aromatic heterocycles. The van der Waals surface area contributed by atoms with Gasteiger partial charge < -0.3 is 24.4 Å². The van der Waals surface area contributed by atoms with Crippen LogP contribution in [-0.2, 0) is 30.5 Å². The van der Waals surface area contributed by atoms with Gasteiger partial charge in [-0.05, 0) is 31.9 Å². The van der Waals surface area contributed by atoms with Crippen LogP contribution in [0.4, 0.5) is 0 Å². The molecule has 196 valence electrons. The maximum absolute atomic E-state index is 14.3. The quantitative estimate of drug-likeness (QED) is 0.370. The molecule has 6 atom stereocenters. The van der Waals surface area contributed by atoms with Crippen molar-refractivity contribution in [3.63, 3.8) is 0 Å². The van der Waals surface area contributed by atoms with Gasteiger partial charge in [0.15, 0.2) is 0 Å². The monoisotopic (exact) mass is 509 g/mol. The number of hydrogen-bond donors (Lipinski definition) is 1. The van der Waals surface area contributed by atoms with Crippen molar-refractivity contribution in [2.24, 2.45) is 11.8 Å². The number of amides is 2. The molecule has 1 aromatic carbocycles. The molecule has 0 aliphatic carbocycles. The van der Waals surface area contributed by atoms with Crippen molar-refractivity contribution in [1.29, 1.82) is 0 Å². The van der Waals surface area contributed by atoms with Crippen LogP contribution >= 0.6 is 0 Å². The number of rotatable bonds is 10. The third-order valence-corrected chi connectivity index (χ3v) is 7.71. The van der Waals surface area contributed by atoms with Gasteiger partial charge in [-0.15, -0.1) is 11.7 Å². The maximum Gasteiger partial charge on any atom is 0.312 e. The van der Waals surface area contributed by atoms with E-state index in [1.54, 1.807) is 22.6 Å². The largest absolute Gasteiger partial charge is 0.461 e. The number of esters is 1. The summed E-state index contributed by atoms with van der Waals surface area (Å²) in [6.07, 6.45) is 3.52. The van der Waals surface area contributed by atoms with Gasteiger partial charge in [0.1, 0.15) is 30.4 Å². The van der Waals surface area contributed by atoms with Crippen LogP contribution in [0.2, 0.25) is 0 Å². The van der Waals surface area contributed by atoms with E-state index in [4.69, 9.17) is 9.47 Å². The molecule has 11 heteroatoms. The number of benzene rings is 1. The molecule has 2 bridgehead atoms. The minimum atomic E-state index is -1.19. The topological polar surface area (TPSA) is 127 Å². The van der Waals surface area contributed by atoms with Crippen LogP contribution in [-0.4, -0.2) is 91.2 Å². The number of aliphatic hydroxyl groups excluding tert-OH is 1. The molecule has 11 nitrogen and oxygen atoms in total. The van der Waals surface area contributed by atoms with E-state index in [1.807, 2.05) is 24.3 Å². The lowest BCUT2D eigenvalue weighted by molar-refractivity contribution is -0.156. The number of nitrogens with zero attached hydrogens (tertiary/aromatic N) is 5. The molecular formula is C26H31N5O6. The Morgan fingerprint density at radius 2 is 2.14 bits per heavy atom. The van der Waals surface area contributed by atoms with Gasteiger partial charge in [-0.1, -0.05) is 36.1 Å². The summed E-state index contributed by atoms with van der Waals surface area (Å²) in [4.78, 5) is 44.0. The number of aliphatic hydroxyl groups is 1. The molecule has 0 saturated carbocycles. The van der Waals surface area contributed by atoms with Crippen molar-refractivity contribution < 1.29 is 29.0 Å². The van der Waals surface area contributed by atoms with Gasteiger partial charge in [-0.25, -0.2) is 4.68 Å². The van der Waals surface area contributed by atoms with Gasteiger partial charge in [-0.2, -0.15) is 0 Å². The first-order chi connectivity index (χ1) is 17.9. The molecule has 3 fully saturated rings. The Kier molecular flexibility index (Phi) is 6.59. The predicted octanol–water partition coefficient (Wildman–Crippen LogP) is 0.888. The SMILES string of the molecule is C=CCOC(=O)[C@@H]1[C@@H]2CCC3(O2)C(C(=O)N(CC=C)Cn2nnc4ccccc42)N([C@H](C)CO)C(=O)[C@H]13. The van der Waals surface area contributed by atoms with E-state index in [0.29, 0.717) is 18.4 Å². The fourth-order valence-corrected chi connectivity index (χ4v) is 6.17. The summed E-state index contributed by atoms with van der Waals surface area (Å²) < 4.78 is 13.3. The summed E-state index contributed by atoms with van der Waals surface area (Å²) in [6.45, 7) is 8.99. The molecule has 3 aliphatic heterocycles. The zero-order chi connectivity index (χ0) is 26.3. The Morgan fingerprint density at radius 1 is 1.35 bits per heavy atom. The van der Waals surface area contributed by atoms with E-state index in [2.05, 4.69) is 23.5 Å². The minimum Gasteiger partial charge on any atom is -0.461 e. The smallest absolute Gasteiger partial charge is 0.312 e. The van der Waals surface area contributed by atoms with Crippen LogP contribution in [0.25, 0.3) is 11.0 Å². The number of para-hydroxylation sites is 1. The molecule has 2 aromatic rings. The molecule has 0 radical (unpaired) electrons. The lowest BCUT2D eigenvalue weighted by atomic mass is 9.70. The van der Waals surface area contributed by atoms with Crippen molar-refractivity contribution >= 4 is 28.8 Å². The van der Waals surface area contributed by atoms with Gasteiger partial charge in [-0.3, -0.25) is 14.4 Å². The van der Waals surface area contributed by atoms with Crippen LogP contribution in [0.5, 0.6) is 0 Å². The van der Waals surface area contributed by atoms with Gasteiger partial charge in [0.25, 0.3) is 0 Å². The Balaban J connectivity index is 1.52. The van der Waals surface area contributed by atoms with Crippen LogP contribution < -0.4 is 0 Å². The highest BCUT2D eigenvalue weighted by atomic mass is 16.6. The summed E-state index contributed by atoms with van der Waals surface area (Å²) in [6, 6.07) is 5.73. The van der Waals surface area contributed by atoms with Gasteiger partial charge in [0, 0.05) is 6.54 Å². The molecular weight excluding hydrogens is 478 g/mol. The third-order valence-electron chi connectivity index (χ3n) is 7.71. The van der Waals surface area contributed by atoms with Crippen LogP contribution in [0.1, 0.15) is 19.8 Å². The fraction of sp³-hybridized carbons (Fsp3) is 0.500. The molecule has 2 unspecified atom stereocenters. The van der Waals surface area contributed by atoms with E-state index in [0.717, 1.165) is 5.52 Å². The van der Waals surface area contributed by atoms with E-state index in [9.17, 15) is 19.5 Å². The highest BCUT2D eigenvalue weighted by molar-refractivity contribution is 5.98. The average Bonchev–Trinajstić information content (AvgIpc) is 3.65. The van der Waals surface area contributed by atoms with E-state index in [-0.39, 0.29) is 38.2 Å². The van der Waals surface area contributed by atoms with Crippen molar-refractivity contribution in [2.75, 3.05) is 19.8 Å². The highest BCUT2D eigenvalue weighted by Crippen LogP contribution is 2.59. The van der Waals surface area contributed by atoms with Crippen LogP contribution in [0.15, 0.2) is 49.6 Å². The molecule has 1 spiro atoms. The number of carbonyl (C=O) groups excluding carboxylic acids is 3. The first-order valence-electron chi connectivity index (χ1n) is 12.4. The standard InChI is InChI=1S/C26H31N5O6/c1-4-12-29(15-30-18-9-7-6-8-17(18)27-28-30)24(34)22-26-11-10-19(37-26)20(25(35)36-13-5-2)21(26)23(33)31(22)16(3)14-32/h4-9,16,19-22,32H,1-2,10-15H2,3H3/t16-,19+,20-,21+,22?,26?/m1/s1. The van der Waals surface area contributed by atoms with E-state index < -0.39 is 41.6 Å². The second-order valence-corrected chi connectivity index (χ2v) is 9.82. The minimum absolute atomic E-state index is 0.0219. The highest BCUT2D eigenvalue weighted by Gasteiger charge is 2.75. The van der Waals surface area contributed by atoms with Gasteiger partial charge >= 0.3 is 5.97 Å². The van der Waals surface area contributed by atoms with Crippen molar-refractivity contribution in [1.82, 2.24) is 24.8 Å². The number of likely N-dealkylation sites (tertiary alicyclic amines) is 1. The van der Waals surface area contributed by atoms with Gasteiger partial charge in [0.05, 0.1) is 36.1 Å². The third kappa shape index (κ3) is 3.84. The molecule has 1 N–H and O–H groups in total. The number of aromatic nitrogens is 3. The van der Waals surface area contributed by atoms with Crippen molar-refractivity contribution in [3.8, 4) is 0 Å². The molecule has 5 rings (SSSR count). The zero-order valence-corrected chi connectivity index (χ0v) is 20.7. The zero-order valence-electron chi connectivity index (χ0n) is 20.7. The summed E-state index contributed by atoms with van der Waals surface area (Å²) in [7, 11) is 0. The molecule has 4 heterocycles. The molecule has 3 saturated heterocycles. The first kappa shape index (κ1) is 25.1. The first-order valence-corrected chi connectivity index (χ1v) is 12.4. The number of fused-ring (bicyclic) bond motifs is 2. The summed E-state index contributed by atoms with van der Waals surface area (Å²) in [5, 5.41) is 18.4. The normalized spacial score (nSPS) is 28.8. The Labute approximate surface area is 214 Å². The molecule has 2 amide bonds. The van der Waals surface area contributed by atoms with Crippen molar-refractivity contribution in [3.05, 3.63) is 49.6 Å². The predicted molar refractivity (Wildman–Crippen MR) is 132 cm³/mol. The van der Waals surface area contributed by atoms with Crippen LogP contribution in [0, 0.1) is 11.8 Å². The number of carbonyl (C=O) groups is 3. The molecule has 37 heavy (non-hydrogen) atoms. The second-order valence-electron chi connectivity index (χ2n) is 9.82. The Hall–Kier alpha value is -3.57. The summed E-state index contributed by atoms with van der Waals surface area (Å²) in [5.74, 6) is -2.97. The van der Waals surface area contributed by atoms with E-state index >= 15 is 0 Å². The number of ether oxygens (including phenoxy) is 2. The van der Waals surface area contributed by atoms with Gasteiger partial charge in [0.2, 0.25) is 11.8 Å². The number of hydrogen-bond acceptors (Lipinski definition) is 8. The second kappa shape index (κ2) is 9.71. The maximum atomic E-state index is 14.3. The summed E-state index contributed by atoms with van der Waals surface area (Å²) in [5.41, 5.74) is 0.258. The summed E-state index contributed by atoms with van der Waals surface area (Å²) >= 11 is 0. The lowest BCUT2D eigenvalue weighted by Crippen LogP contribution is -2.58. The Bertz CT molecular complexity index is 1250.